The molecule has 16 heavy (non-hydrogen) atoms. The van der Waals surface area contributed by atoms with Crippen molar-refractivity contribution in [1.82, 2.24) is 0 Å². The van der Waals surface area contributed by atoms with Crippen LogP contribution in [-0.4, -0.2) is 11.1 Å². The van der Waals surface area contributed by atoms with E-state index in [4.69, 9.17) is 10.8 Å². The van der Waals surface area contributed by atoms with E-state index < -0.39 is 17.7 Å². The largest absolute Gasteiger partial charge is 0.481 e. The van der Waals surface area contributed by atoms with Crippen LogP contribution in [0.25, 0.3) is 0 Å². The van der Waals surface area contributed by atoms with Crippen LogP contribution in [0.5, 0.6) is 0 Å². The number of alkyl halides is 3. The Hall–Kier alpha value is -1.72. The lowest BCUT2D eigenvalue weighted by Crippen LogP contribution is -2.12. The average molecular weight is 233 g/mol. The number of hydrogen-bond acceptors (Lipinski definition) is 2. The summed E-state index contributed by atoms with van der Waals surface area (Å²) >= 11 is 0. The molecule has 0 fully saturated rings. The van der Waals surface area contributed by atoms with Crippen molar-refractivity contribution < 1.29 is 23.1 Å². The summed E-state index contributed by atoms with van der Waals surface area (Å²) in [6, 6.07) is 3.42. The second kappa shape index (κ2) is 4.42. The van der Waals surface area contributed by atoms with Crippen molar-refractivity contribution in [1.29, 1.82) is 0 Å². The highest BCUT2D eigenvalue weighted by molar-refractivity contribution is 5.68. The number of carboxylic acids is 1. The fourth-order valence-corrected chi connectivity index (χ4v) is 1.38. The zero-order chi connectivity index (χ0) is 12.3. The SMILES string of the molecule is Nc1cccc(C(F)(F)F)c1CCC(=O)O. The van der Waals surface area contributed by atoms with Crippen LogP contribution in [0, 0.1) is 0 Å². The Morgan fingerprint density at radius 1 is 1.38 bits per heavy atom. The van der Waals surface area contributed by atoms with Gasteiger partial charge in [-0.3, -0.25) is 4.79 Å². The van der Waals surface area contributed by atoms with Gasteiger partial charge in [0.2, 0.25) is 0 Å². The number of hydrogen-bond donors (Lipinski definition) is 2. The number of halogens is 3. The van der Waals surface area contributed by atoms with Crippen LogP contribution < -0.4 is 5.73 Å². The summed E-state index contributed by atoms with van der Waals surface area (Å²) in [4.78, 5) is 10.3. The van der Waals surface area contributed by atoms with Crippen LogP contribution in [0.4, 0.5) is 18.9 Å². The van der Waals surface area contributed by atoms with Crippen molar-refractivity contribution in [2.45, 2.75) is 19.0 Å². The molecule has 0 spiro atoms. The van der Waals surface area contributed by atoms with Crippen LogP contribution in [0.1, 0.15) is 17.5 Å². The van der Waals surface area contributed by atoms with Crippen molar-refractivity contribution in [3.8, 4) is 0 Å². The molecule has 1 aromatic carbocycles. The number of carbonyl (C=O) groups is 1. The molecular weight excluding hydrogens is 223 g/mol. The molecule has 6 heteroatoms. The number of nitrogens with two attached hydrogens (primary N) is 1. The molecule has 1 aromatic rings. The van der Waals surface area contributed by atoms with Gasteiger partial charge in [0.1, 0.15) is 0 Å². The Balaban J connectivity index is 3.09. The van der Waals surface area contributed by atoms with Crippen molar-refractivity contribution in [2.75, 3.05) is 5.73 Å². The van der Waals surface area contributed by atoms with E-state index in [1.807, 2.05) is 0 Å². The Labute approximate surface area is 89.7 Å². The van der Waals surface area contributed by atoms with Gasteiger partial charge in [0.25, 0.3) is 0 Å². The maximum absolute atomic E-state index is 12.5. The van der Waals surface area contributed by atoms with E-state index in [1.54, 1.807) is 0 Å². The van der Waals surface area contributed by atoms with Gasteiger partial charge in [-0.1, -0.05) is 6.07 Å². The monoisotopic (exact) mass is 233 g/mol. The van der Waals surface area contributed by atoms with Gasteiger partial charge in [-0.15, -0.1) is 0 Å². The number of carboxylic acid groups (broad SMARTS) is 1. The molecule has 0 heterocycles. The summed E-state index contributed by atoms with van der Waals surface area (Å²) in [6.07, 6.45) is -5.11. The number of rotatable bonds is 3. The minimum absolute atomic E-state index is 0.0314. The first kappa shape index (κ1) is 12.4. The van der Waals surface area contributed by atoms with Gasteiger partial charge in [0, 0.05) is 12.1 Å². The number of aliphatic carboxylic acids is 1. The molecule has 3 nitrogen and oxygen atoms in total. The highest BCUT2D eigenvalue weighted by Crippen LogP contribution is 2.34. The Bertz CT molecular complexity index is 402. The normalized spacial score (nSPS) is 11.4. The van der Waals surface area contributed by atoms with Gasteiger partial charge < -0.3 is 10.8 Å². The molecule has 0 saturated carbocycles. The molecule has 0 aliphatic carbocycles. The summed E-state index contributed by atoms with van der Waals surface area (Å²) in [5.74, 6) is -1.16. The lowest BCUT2D eigenvalue weighted by molar-refractivity contribution is -0.140. The molecule has 0 amide bonds. The molecule has 0 radical (unpaired) electrons. The number of nitrogen functional groups attached to an aromatic ring is 1. The molecule has 0 aromatic heterocycles. The highest BCUT2D eigenvalue weighted by atomic mass is 19.4. The average Bonchev–Trinajstić information content (AvgIpc) is 2.13. The zero-order valence-corrected chi connectivity index (χ0v) is 8.21. The molecule has 0 atom stereocenters. The van der Waals surface area contributed by atoms with Gasteiger partial charge >= 0.3 is 12.1 Å². The van der Waals surface area contributed by atoms with E-state index in [-0.39, 0.29) is 24.1 Å². The summed E-state index contributed by atoms with van der Waals surface area (Å²) < 4.78 is 37.6. The maximum atomic E-state index is 12.5. The third-order valence-electron chi connectivity index (χ3n) is 2.11. The minimum Gasteiger partial charge on any atom is -0.481 e. The first-order valence-corrected chi connectivity index (χ1v) is 4.48. The van der Waals surface area contributed by atoms with Crippen molar-refractivity contribution in [3.63, 3.8) is 0 Å². The Kier molecular flexibility index (Phi) is 3.41. The van der Waals surface area contributed by atoms with Crippen LogP contribution in [0.3, 0.4) is 0 Å². The van der Waals surface area contributed by atoms with Crippen molar-refractivity contribution >= 4 is 11.7 Å². The second-order valence-corrected chi connectivity index (χ2v) is 3.26. The smallest absolute Gasteiger partial charge is 0.416 e. The van der Waals surface area contributed by atoms with Gasteiger partial charge in [0.15, 0.2) is 0 Å². The highest BCUT2D eigenvalue weighted by Gasteiger charge is 2.33. The number of benzene rings is 1. The van der Waals surface area contributed by atoms with E-state index >= 15 is 0 Å². The van der Waals surface area contributed by atoms with E-state index in [1.165, 1.54) is 12.1 Å². The molecule has 3 N–H and O–H groups in total. The van der Waals surface area contributed by atoms with Gasteiger partial charge in [-0.25, -0.2) is 0 Å². The van der Waals surface area contributed by atoms with Crippen LogP contribution in [0.2, 0.25) is 0 Å². The van der Waals surface area contributed by atoms with Crippen LogP contribution in [0.15, 0.2) is 18.2 Å². The standard InChI is InChI=1S/C10H10F3NO2/c11-10(12,13)7-2-1-3-8(14)6(7)4-5-9(15)16/h1-3H,4-5,14H2,(H,15,16). The molecule has 0 saturated heterocycles. The fraction of sp³-hybridized carbons (Fsp3) is 0.300. The lowest BCUT2D eigenvalue weighted by Gasteiger charge is -2.14. The van der Waals surface area contributed by atoms with Crippen LogP contribution in [-0.2, 0) is 17.4 Å². The van der Waals surface area contributed by atoms with Gasteiger partial charge in [-0.2, -0.15) is 13.2 Å². The van der Waals surface area contributed by atoms with Gasteiger partial charge in [-0.05, 0) is 24.1 Å². The first-order chi connectivity index (χ1) is 7.32. The molecule has 88 valence electrons. The quantitative estimate of drug-likeness (QED) is 0.787. The summed E-state index contributed by atoms with van der Waals surface area (Å²) in [6.45, 7) is 0. The van der Waals surface area contributed by atoms with E-state index in [0.29, 0.717) is 0 Å². The predicted molar refractivity (Wildman–Crippen MR) is 51.8 cm³/mol. The molecule has 1 rings (SSSR count). The topological polar surface area (TPSA) is 63.3 Å². The fourth-order valence-electron chi connectivity index (χ4n) is 1.38. The van der Waals surface area contributed by atoms with Gasteiger partial charge in [0.05, 0.1) is 5.56 Å². The summed E-state index contributed by atoms with van der Waals surface area (Å²) in [7, 11) is 0. The molecular formula is C10H10F3NO2. The molecule has 0 aliphatic rings. The first-order valence-electron chi connectivity index (χ1n) is 4.48. The maximum Gasteiger partial charge on any atom is 0.416 e. The predicted octanol–water partition coefficient (Wildman–Crippen LogP) is 2.30. The Morgan fingerprint density at radius 2 is 2.00 bits per heavy atom. The lowest BCUT2D eigenvalue weighted by atomic mass is 10.0. The zero-order valence-electron chi connectivity index (χ0n) is 8.21. The summed E-state index contributed by atoms with van der Waals surface area (Å²) in [5.41, 5.74) is 4.36. The number of anilines is 1. The van der Waals surface area contributed by atoms with Crippen molar-refractivity contribution in [3.05, 3.63) is 29.3 Å². The van der Waals surface area contributed by atoms with E-state index in [0.717, 1.165) is 6.07 Å². The third-order valence-corrected chi connectivity index (χ3v) is 2.11. The van der Waals surface area contributed by atoms with Crippen molar-refractivity contribution in [2.24, 2.45) is 0 Å². The summed E-state index contributed by atoms with van der Waals surface area (Å²) in [5, 5.41) is 8.44. The molecule has 0 unspecified atom stereocenters. The Morgan fingerprint density at radius 3 is 2.50 bits per heavy atom. The second-order valence-electron chi connectivity index (χ2n) is 3.26. The van der Waals surface area contributed by atoms with Crippen LogP contribution >= 0.6 is 0 Å². The van der Waals surface area contributed by atoms with E-state index in [9.17, 15) is 18.0 Å². The molecule has 0 bridgehead atoms. The minimum atomic E-state index is -4.51. The van der Waals surface area contributed by atoms with E-state index in [2.05, 4.69) is 0 Å². The molecule has 0 aliphatic heterocycles. The third kappa shape index (κ3) is 2.88.